The van der Waals surface area contributed by atoms with Crippen LogP contribution in [0.25, 0.3) is 0 Å². The molecule has 0 aliphatic rings. The summed E-state index contributed by atoms with van der Waals surface area (Å²) in [7, 11) is 6.88. The van der Waals surface area contributed by atoms with Crippen LogP contribution in [0.15, 0.2) is 0 Å². The summed E-state index contributed by atoms with van der Waals surface area (Å²) in [5.41, 5.74) is 0. The first-order valence-corrected chi connectivity index (χ1v) is 9.91. The van der Waals surface area contributed by atoms with Crippen molar-refractivity contribution in [1.82, 2.24) is 0 Å². The summed E-state index contributed by atoms with van der Waals surface area (Å²) in [5.74, 6) is 0. The maximum Gasteiger partial charge on any atom is 0.0780 e. The number of quaternary nitrogens is 1. The Labute approximate surface area is 180 Å². The largest absolute Gasteiger partial charge is 0.870 e. The van der Waals surface area contributed by atoms with Crippen LogP contribution in [0.2, 0.25) is 0 Å². The molecule has 0 saturated carbocycles. The van der Waals surface area contributed by atoms with Gasteiger partial charge in [0.1, 0.15) is 0 Å². The summed E-state index contributed by atoms with van der Waals surface area (Å²) in [6, 6.07) is 0. The molecule has 0 amide bonds. The van der Waals surface area contributed by atoms with Crippen LogP contribution in [0.1, 0.15) is 96.8 Å². The quantitative estimate of drug-likeness (QED) is 0.136. The molecular weight excluding hydrogens is 411 g/mol. The number of hydrogen-bond acceptors (Lipinski definition) is 4. The molecule has 0 rings (SSSR count). The summed E-state index contributed by atoms with van der Waals surface area (Å²) >= 11 is 0. The van der Waals surface area contributed by atoms with Gasteiger partial charge in [0.25, 0.3) is 0 Å². The summed E-state index contributed by atoms with van der Waals surface area (Å²) in [6.07, 6.45) is 20.4. The van der Waals surface area contributed by atoms with Crippen LogP contribution < -0.4 is 0 Å². The van der Waals surface area contributed by atoms with Gasteiger partial charge in [-0.2, -0.15) is 0 Å². The van der Waals surface area contributed by atoms with Gasteiger partial charge in [0.05, 0.1) is 32.8 Å². The van der Waals surface area contributed by atoms with Crippen molar-refractivity contribution in [2.45, 2.75) is 96.8 Å². The molecule has 0 atom stereocenters. The van der Waals surface area contributed by atoms with Gasteiger partial charge in [-0.3, -0.25) is 0 Å². The van der Waals surface area contributed by atoms with Crippen LogP contribution in [-0.2, 0) is 26.2 Å². The van der Waals surface area contributed by atoms with Crippen molar-refractivity contribution in [2.24, 2.45) is 0 Å². The predicted octanol–water partition coefficient (Wildman–Crippen LogP) is 5.76. The fourth-order valence-corrected chi connectivity index (χ4v) is 2.78. The molecule has 6 nitrogen and oxygen atoms in total. The minimum absolute atomic E-state index is 0. The van der Waals surface area contributed by atoms with Gasteiger partial charge in [-0.1, -0.05) is 84.0 Å². The van der Waals surface area contributed by atoms with Crippen LogP contribution in [0, 0.1) is 15.3 Å². The Balaban J connectivity index is -0.000000363. The molecule has 0 aliphatic carbocycles. The van der Waals surface area contributed by atoms with Gasteiger partial charge in [0, 0.05) is 26.2 Å². The van der Waals surface area contributed by atoms with Gasteiger partial charge in [0.2, 0.25) is 0 Å². The number of unbranched alkanes of at least 4 members (excludes halogenated alkanes) is 13. The monoisotopic (exact) mass is 453 g/mol. The Hall–Kier alpha value is 0.00312. The van der Waals surface area contributed by atoms with E-state index in [0.717, 1.165) is 4.48 Å². The van der Waals surface area contributed by atoms with Gasteiger partial charge < -0.3 is 25.3 Å². The van der Waals surface area contributed by atoms with Gasteiger partial charge in [-0.05, 0) is 12.8 Å². The second-order valence-corrected chi connectivity index (χ2v) is 7.83. The standard InChI is InChI=1S/C19H42N.NO3.H2O.Zr/c1-5-6-7-8-9-10-11-12-13-14-15-16-17-18-19-20(2,3)4;2-1(3)4;;/h5-19H2,1-4H3;;1H2;/q+1;-1;;/p-1. The van der Waals surface area contributed by atoms with Gasteiger partial charge in [-0.25, -0.2) is 0 Å². The Kier molecular flexibility index (Phi) is 32.3. The molecule has 1 N–H and O–H groups in total. The van der Waals surface area contributed by atoms with Crippen molar-refractivity contribution in [2.75, 3.05) is 27.7 Å². The fourth-order valence-electron chi connectivity index (χ4n) is 2.78. The second kappa shape index (κ2) is 25.0. The van der Waals surface area contributed by atoms with E-state index in [9.17, 15) is 0 Å². The average molecular weight is 455 g/mol. The zero-order valence-electron chi connectivity index (χ0n) is 17.7. The molecule has 0 fully saturated rings. The minimum atomic E-state index is -1.75. The number of nitrogens with zero attached hydrogens (tertiary/aromatic N) is 2. The maximum atomic E-state index is 8.25. The normalized spacial score (nSPS) is 10.2. The van der Waals surface area contributed by atoms with Crippen molar-refractivity contribution < 1.29 is 41.2 Å². The smallest absolute Gasteiger partial charge is 0.0780 e. The van der Waals surface area contributed by atoms with Crippen molar-refractivity contribution >= 4 is 0 Å². The predicted molar refractivity (Wildman–Crippen MR) is 106 cm³/mol. The van der Waals surface area contributed by atoms with E-state index in [2.05, 4.69) is 28.1 Å². The molecule has 0 radical (unpaired) electrons. The summed E-state index contributed by atoms with van der Waals surface area (Å²) in [6.45, 7) is 3.63. The van der Waals surface area contributed by atoms with Crippen LogP contribution in [0.3, 0.4) is 0 Å². The van der Waals surface area contributed by atoms with E-state index >= 15 is 0 Å². The SMILES string of the molecule is CCCCCCCCCCCCCCCC[N+](C)(C)C.O=[N+]([O-])[O-].[OH-].[Zr]. The van der Waals surface area contributed by atoms with E-state index < -0.39 is 5.09 Å². The van der Waals surface area contributed by atoms with E-state index in [1.54, 1.807) is 0 Å². The number of hydrogen-bond donors (Lipinski definition) is 0. The summed E-state index contributed by atoms with van der Waals surface area (Å²) < 4.78 is 1.12. The number of rotatable bonds is 15. The first-order chi connectivity index (χ1) is 11.3. The van der Waals surface area contributed by atoms with Gasteiger partial charge >= 0.3 is 0 Å². The second-order valence-electron chi connectivity index (χ2n) is 7.83. The zero-order valence-corrected chi connectivity index (χ0v) is 20.1. The Morgan fingerprint density at radius 1 is 0.654 bits per heavy atom. The molecule has 0 heterocycles. The Bertz CT molecular complexity index is 271. The third-order valence-electron chi connectivity index (χ3n) is 4.18. The average Bonchev–Trinajstić information content (AvgIpc) is 2.46. The van der Waals surface area contributed by atoms with Crippen LogP contribution in [0.4, 0.5) is 0 Å². The van der Waals surface area contributed by atoms with Crippen LogP contribution in [0.5, 0.6) is 0 Å². The van der Waals surface area contributed by atoms with Crippen LogP contribution >= 0.6 is 0 Å². The molecule has 0 aliphatic heterocycles. The zero-order chi connectivity index (χ0) is 18.7. The fraction of sp³-hybridized carbons (Fsp3) is 1.00. The van der Waals surface area contributed by atoms with Gasteiger partial charge in [0.15, 0.2) is 0 Å². The topological polar surface area (TPSA) is 96.2 Å². The first kappa shape index (κ1) is 33.6. The van der Waals surface area contributed by atoms with Crippen molar-refractivity contribution in [3.8, 4) is 0 Å². The van der Waals surface area contributed by atoms with Crippen molar-refractivity contribution in [3.63, 3.8) is 0 Å². The van der Waals surface area contributed by atoms with Crippen molar-refractivity contribution in [1.29, 1.82) is 0 Å². The van der Waals surface area contributed by atoms with Crippen molar-refractivity contribution in [3.05, 3.63) is 15.3 Å². The van der Waals surface area contributed by atoms with E-state index in [1.165, 1.54) is 96.4 Å². The summed E-state index contributed by atoms with van der Waals surface area (Å²) in [5, 5.41) is 14.8. The molecule has 0 aromatic heterocycles. The molecule has 0 unspecified atom stereocenters. The third-order valence-corrected chi connectivity index (χ3v) is 4.18. The molecule has 7 heteroatoms. The van der Waals surface area contributed by atoms with E-state index in [0.29, 0.717) is 0 Å². The van der Waals surface area contributed by atoms with E-state index in [1.807, 2.05) is 0 Å². The molecule has 0 spiro atoms. The van der Waals surface area contributed by atoms with Gasteiger partial charge in [-0.15, -0.1) is 0 Å². The Morgan fingerprint density at radius 3 is 1.12 bits per heavy atom. The van der Waals surface area contributed by atoms with Crippen LogP contribution in [-0.4, -0.2) is 42.7 Å². The summed E-state index contributed by atoms with van der Waals surface area (Å²) in [4.78, 5) is 8.25. The molecular formula is C19H43N2O4Zr-. The molecule has 0 aromatic rings. The first-order valence-electron chi connectivity index (χ1n) is 9.91. The van der Waals surface area contributed by atoms with E-state index in [4.69, 9.17) is 15.3 Å². The Morgan fingerprint density at radius 2 is 0.885 bits per heavy atom. The third kappa shape index (κ3) is 43.9. The minimum Gasteiger partial charge on any atom is -0.870 e. The maximum absolute atomic E-state index is 8.25. The molecule has 158 valence electrons. The molecule has 26 heavy (non-hydrogen) atoms. The van der Waals surface area contributed by atoms with E-state index in [-0.39, 0.29) is 31.7 Å². The molecule has 0 aromatic carbocycles. The molecule has 0 saturated heterocycles. The molecule has 0 bridgehead atoms.